The van der Waals surface area contributed by atoms with Gasteiger partial charge in [-0.3, -0.25) is 0 Å². The maximum absolute atomic E-state index is 5.95. The van der Waals surface area contributed by atoms with E-state index in [9.17, 15) is 0 Å². The van der Waals surface area contributed by atoms with Gasteiger partial charge in [-0.2, -0.15) is 0 Å². The molecular weight excluding hydrogens is 248 g/mol. The lowest BCUT2D eigenvalue weighted by molar-refractivity contribution is 1.06. The summed E-state index contributed by atoms with van der Waals surface area (Å²) in [6.45, 7) is 6.88. The van der Waals surface area contributed by atoms with Crippen molar-refractivity contribution in [1.82, 2.24) is 4.98 Å². The highest BCUT2D eigenvalue weighted by Crippen LogP contribution is 2.24. The number of nitrogens with zero attached hydrogens (tertiary/aromatic N) is 1. The van der Waals surface area contributed by atoms with E-state index in [-0.39, 0.29) is 0 Å². The van der Waals surface area contributed by atoms with Gasteiger partial charge in [0, 0.05) is 12.2 Å². The summed E-state index contributed by atoms with van der Waals surface area (Å²) < 4.78 is 0. The predicted molar refractivity (Wildman–Crippen MR) is 85.7 cm³/mol. The van der Waals surface area contributed by atoms with E-state index >= 15 is 0 Å². The summed E-state index contributed by atoms with van der Waals surface area (Å²) in [6.07, 6.45) is 1.05. The molecule has 0 aliphatic carbocycles. The fourth-order valence-corrected chi connectivity index (χ4v) is 2.20. The Morgan fingerprint density at radius 1 is 1.15 bits per heavy atom. The van der Waals surface area contributed by atoms with Gasteiger partial charge in [0.05, 0.1) is 11.4 Å². The minimum absolute atomic E-state index is 0.512. The third-order valence-electron chi connectivity index (χ3n) is 3.48. The Kier molecular flexibility index (Phi) is 4.13. The first-order chi connectivity index (χ1) is 9.51. The van der Waals surface area contributed by atoms with Crippen LogP contribution in [0.2, 0.25) is 0 Å². The maximum atomic E-state index is 5.95. The van der Waals surface area contributed by atoms with Crippen molar-refractivity contribution >= 4 is 17.2 Å². The molecule has 1 heterocycles. The molecule has 0 bridgehead atoms. The lowest BCUT2D eigenvalue weighted by Gasteiger charge is -2.13. The van der Waals surface area contributed by atoms with Crippen LogP contribution in [0.1, 0.15) is 29.3 Å². The standard InChI is InChI=1S/C16H22N4/c1-4-12-5-6-13(10(2)7-12)9-19-16-15(18)14(17)8-11(3)20-16/h5-8H,4,9,18H2,1-3H3,(H3,17,19,20). The maximum Gasteiger partial charge on any atom is 0.151 e. The molecule has 5 N–H and O–H groups in total. The van der Waals surface area contributed by atoms with E-state index < -0.39 is 0 Å². The number of aryl methyl sites for hydroxylation is 3. The summed E-state index contributed by atoms with van der Waals surface area (Å²) in [5, 5.41) is 3.27. The second kappa shape index (κ2) is 5.82. The molecule has 0 atom stereocenters. The van der Waals surface area contributed by atoms with Crippen LogP contribution in [0.4, 0.5) is 17.2 Å². The zero-order chi connectivity index (χ0) is 14.7. The number of nitrogen functional groups attached to an aromatic ring is 2. The fraction of sp³-hybridized carbons (Fsp3) is 0.312. The van der Waals surface area contributed by atoms with Crippen LogP contribution in [-0.4, -0.2) is 4.98 Å². The number of pyridine rings is 1. The molecule has 4 nitrogen and oxygen atoms in total. The van der Waals surface area contributed by atoms with E-state index in [1.54, 1.807) is 6.07 Å². The van der Waals surface area contributed by atoms with Gasteiger partial charge in [-0.15, -0.1) is 0 Å². The Morgan fingerprint density at radius 3 is 2.55 bits per heavy atom. The number of anilines is 3. The van der Waals surface area contributed by atoms with Gasteiger partial charge in [0.2, 0.25) is 0 Å². The smallest absolute Gasteiger partial charge is 0.151 e. The summed E-state index contributed by atoms with van der Waals surface area (Å²) in [5.74, 6) is 0.654. The lowest BCUT2D eigenvalue weighted by atomic mass is 10.0. The fourth-order valence-electron chi connectivity index (χ4n) is 2.20. The first kappa shape index (κ1) is 14.2. The van der Waals surface area contributed by atoms with Crippen molar-refractivity contribution in [3.63, 3.8) is 0 Å². The molecule has 0 radical (unpaired) electrons. The van der Waals surface area contributed by atoms with Gasteiger partial charge in [0.25, 0.3) is 0 Å². The molecule has 1 aromatic carbocycles. The Bertz CT molecular complexity index is 620. The summed E-state index contributed by atoms with van der Waals surface area (Å²) in [5.41, 5.74) is 17.6. The van der Waals surface area contributed by atoms with Gasteiger partial charge in [0.15, 0.2) is 5.82 Å². The molecule has 4 heteroatoms. The van der Waals surface area contributed by atoms with E-state index in [4.69, 9.17) is 11.5 Å². The molecule has 0 aliphatic rings. The first-order valence-corrected chi connectivity index (χ1v) is 6.86. The molecule has 0 spiro atoms. The van der Waals surface area contributed by atoms with Crippen LogP contribution in [0.5, 0.6) is 0 Å². The Morgan fingerprint density at radius 2 is 1.90 bits per heavy atom. The Balaban J connectivity index is 2.17. The highest BCUT2D eigenvalue weighted by atomic mass is 15.0. The third-order valence-corrected chi connectivity index (χ3v) is 3.48. The van der Waals surface area contributed by atoms with Crippen LogP contribution in [0.3, 0.4) is 0 Å². The number of rotatable bonds is 4. The van der Waals surface area contributed by atoms with Crippen molar-refractivity contribution in [3.05, 3.63) is 46.6 Å². The van der Waals surface area contributed by atoms with E-state index in [1.807, 2.05) is 6.92 Å². The number of benzene rings is 1. The van der Waals surface area contributed by atoms with Crippen LogP contribution in [-0.2, 0) is 13.0 Å². The predicted octanol–water partition coefficient (Wildman–Crippen LogP) is 3.04. The van der Waals surface area contributed by atoms with Crippen molar-refractivity contribution in [3.8, 4) is 0 Å². The number of aromatic nitrogens is 1. The summed E-state index contributed by atoms with van der Waals surface area (Å²) in [4.78, 5) is 4.40. The van der Waals surface area contributed by atoms with E-state index in [0.717, 1.165) is 12.1 Å². The van der Waals surface area contributed by atoms with Crippen molar-refractivity contribution in [1.29, 1.82) is 0 Å². The van der Waals surface area contributed by atoms with Gasteiger partial charge in [-0.05, 0) is 43.0 Å². The second-order valence-corrected chi connectivity index (χ2v) is 5.08. The lowest BCUT2D eigenvalue weighted by Crippen LogP contribution is -2.08. The molecule has 20 heavy (non-hydrogen) atoms. The molecule has 0 unspecified atom stereocenters. The summed E-state index contributed by atoms with van der Waals surface area (Å²) in [7, 11) is 0. The van der Waals surface area contributed by atoms with E-state index in [0.29, 0.717) is 23.7 Å². The molecule has 0 fully saturated rings. The molecule has 1 aromatic heterocycles. The van der Waals surface area contributed by atoms with Gasteiger partial charge in [-0.1, -0.05) is 25.1 Å². The zero-order valence-electron chi connectivity index (χ0n) is 12.3. The van der Waals surface area contributed by atoms with Gasteiger partial charge in [0.1, 0.15) is 0 Å². The molecular formula is C16H22N4. The quantitative estimate of drug-likeness (QED) is 0.798. The van der Waals surface area contributed by atoms with Crippen LogP contribution in [0.25, 0.3) is 0 Å². The summed E-state index contributed by atoms with van der Waals surface area (Å²) >= 11 is 0. The average Bonchev–Trinajstić information content (AvgIpc) is 2.42. The largest absolute Gasteiger partial charge is 0.397 e. The molecule has 2 rings (SSSR count). The Labute approximate surface area is 120 Å². The number of hydrogen-bond donors (Lipinski definition) is 3. The highest BCUT2D eigenvalue weighted by Gasteiger charge is 2.07. The van der Waals surface area contributed by atoms with Crippen LogP contribution < -0.4 is 16.8 Å². The monoisotopic (exact) mass is 270 g/mol. The second-order valence-electron chi connectivity index (χ2n) is 5.08. The molecule has 0 amide bonds. The molecule has 0 saturated heterocycles. The van der Waals surface area contributed by atoms with Crippen molar-refractivity contribution < 1.29 is 0 Å². The van der Waals surface area contributed by atoms with Gasteiger partial charge < -0.3 is 16.8 Å². The third kappa shape index (κ3) is 3.02. The molecule has 0 saturated carbocycles. The SMILES string of the molecule is CCc1ccc(CNc2nc(C)cc(N)c2N)c(C)c1. The van der Waals surface area contributed by atoms with Crippen molar-refractivity contribution in [2.45, 2.75) is 33.7 Å². The molecule has 2 aromatic rings. The minimum atomic E-state index is 0.512. The van der Waals surface area contributed by atoms with Crippen LogP contribution >= 0.6 is 0 Å². The van der Waals surface area contributed by atoms with E-state index in [1.165, 1.54) is 16.7 Å². The zero-order valence-corrected chi connectivity index (χ0v) is 12.3. The minimum Gasteiger partial charge on any atom is -0.397 e. The van der Waals surface area contributed by atoms with Crippen LogP contribution in [0.15, 0.2) is 24.3 Å². The van der Waals surface area contributed by atoms with Gasteiger partial charge in [-0.25, -0.2) is 4.98 Å². The summed E-state index contributed by atoms with van der Waals surface area (Å²) in [6, 6.07) is 8.31. The average molecular weight is 270 g/mol. The molecule has 106 valence electrons. The van der Waals surface area contributed by atoms with E-state index in [2.05, 4.69) is 42.3 Å². The van der Waals surface area contributed by atoms with Crippen molar-refractivity contribution in [2.24, 2.45) is 0 Å². The van der Waals surface area contributed by atoms with Gasteiger partial charge >= 0.3 is 0 Å². The topological polar surface area (TPSA) is 77.0 Å². The normalized spacial score (nSPS) is 10.6. The number of nitrogens with one attached hydrogen (secondary N) is 1. The highest BCUT2D eigenvalue weighted by molar-refractivity contribution is 5.76. The number of nitrogens with two attached hydrogens (primary N) is 2. The van der Waals surface area contributed by atoms with Crippen LogP contribution in [0, 0.1) is 13.8 Å². The Hall–Kier alpha value is -2.23. The van der Waals surface area contributed by atoms with Crippen molar-refractivity contribution in [2.75, 3.05) is 16.8 Å². The molecule has 0 aliphatic heterocycles. The first-order valence-electron chi connectivity index (χ1n) is 6.86. The number of hydrogen-bond acceptors (Lipinski definition) is 4.